The van der Waals surface area contributed by atoms with Gasteiger partial charge in [0.1, 0.15) is 0 Å². The summed E-state index contributed by atoms with van der Waals surface area (Å²) in [6, 6.07) is 15.4. The predicted octanol–water partition coefficient (Wildman–Crippen LogP) is 5.23. The van der Waals surface area contributed by atoms with Crippen LogP contribution in [0.5, 0.6) is 0 Å². The minimum atomic E-state index is -0.189. The van der Waals surface area contributed by atoms with Crippen LogP contribution in [0.25, 0.3) is 11.4 Å². The fourth-order valence-corrected chi connectivity index (χ4v) is 3.93. The Hall–Kier alpha value is -2.31. The summed E-state index contributed by atoms with van der Waals surface area (Å²) in [5, 5.41) is 4.53. The van der Waals surface area contributed by atoms with E-state index in [4.69, 9.17) is 16.1 Å². The lowest BCUT2D eigenvalue weighted by Crippen LogP contribution is -2.34. The number of hydrogen-bond acceptors (Lipinski definition) is 5. The quantitative estimate of drug-likeness (QED) is 0.494. The van der Waals surface area contributed by atoms with Gasteiger partial charge in [-0.15, -0.1) is 11.8 Å². The SMILES string of the molecule is CC[C@H](Sc1ccc(Cl)cc1)C(=O)N(C)Cc1nc(-c2cccc(C)c2)no1. The van der Waals surface area contributed by atoms with E-state index >= 15 is 0 Å². The van der Waals surface area contributed by atoms with Crippen LogP contribution in [-0.2, 0) is 11.3 Å². The first-order valence-electron chi connectivity index (χ1n) is 9.03. The van der Waals surface area contributed by atoms with Gasteiger partial charge in [-0.25, -0.2) is 0 Å². The Balaban J connectivity index is 1.65. The van der Waals surface area contributed by atoms with Crippen LogP contribution in [0, 0.1) is 6.92 Å². The van der Waals surface area contributed by atoms with Crippen molar-refractivity contribution in [3.8, 4) is 11.4 Å². The number of thioether (sulfide) groups is 1. The van der Waals surface area contributed by atoms with Crippen molar-refractivity contribution >= 4 is 29.3 Å². The molecule has 1 atom stereocenters. The minimum absolute atomic E-state index is 0.0257. The van der Waals surface area contributed by atoms with Gasteiger partial charge in [-0.05, 0) is 43.7 Å². The fourth-order valence-electron chi connectivity index (χ4n) is 2.73. The molecule has 0 aliphatic carbocycles. The van der Waals surface area contributed by atoms with E-state index in [2.05, 4.69) is 10.1 Å². The smallest absolute Gasteiger partial charge is 0.246 e. The van der Waals surface area contributed by atoms with Crippen molar-refractivity contribution < 1.29 is 9.32 Å². The molecular formula is C21H22ClN3O2S. The maximum atomic E-state index is 12.9. The summed E-state index contributed by atoms with van der Waals surface area (Å²) in [5.74, 6) is 0.971. The molecule has 5 nitrogen and oxygen atoms in total. The van der Waals surface area contributed by atoms with Gasteiger partial charge in [-0.3, -0.25) is 4.79 Å². The third kappa shape index (κ3) is 5.14. The minimum Gasteiger partial charge on any atom is -0.337 e. The van der Waals surface area contributed by atoms with Crippen molar-refractivity contribution in [1.29, 1.82) is 0 Å². The molecule has 28 heavy (non-hydrogen) atoms. The summed E-state index contributed by atoms with van der Waals surface area (Å²) < 4.78 is 5.35. The lowest BCUT2D eigenvalue weighted by Gasteiger charge is -2.21. The van der Waals surface area contributed by atoms with Crippen LogP contribution in [0.2, 0.25) is 5.02 Å². The number of hydrogen-bond donors (Lipinski definition) is 0. The molecule has 2 aromatic carbocycles. The molecule has 146 valence electrons. The van der Waals surface area contributed by atoms with Crippen LogP contribution >= 0.6 is 23.4 Å². The molecule has 0 saturated carbocycles. The van der Waals surface area contributed by atoms with Gasteiger partial charge in [0.2, 0.25) is 17.6 Å². The summed E-state index contributed by atoms with van der Waals surface area (Å²) in [5.41, 5.74) is 2.02. The topological polar surface area (TPSA) is 59.2 Å². The van der Waals surface area contributed by atoms with E-state index in [1.807, 2.05) is 62.4 Å². The second kappa shape index (κ2) is 9.26. The molecule has 0 radical (unpaired) electrons. The zero-order valence-electron chi connectivity index (χ0n) is 16.1. The molecule has 0 unspecified atom stereocenters. The highest BCUT2D eigenvalue weighted by Gasteiger charge is 2.23. The van der Waals surface area contributed by atoms with Gasteiger partial charge in [-0.2, -0.15) is 4.98 Å². The third-order valence-corrected chi connectivity index (χ3v) is 5.85. The maximum Gasteiger partial charge on any atom is 0.246 e. The molecule has 3 rings (SSSR count). The van der Waals surface area contributed by atoms with E-state index in [0.29, 0.717) is 16.7 Å². The Morgan fingerprint density at radius 3 is 2.68 bits per heavy atom. The first-order chi connectivity index (χ1) is 13.5. The molecule has 3 aromatic rings. The average molecular weight is 416 g/mol. The Morgan fingerprint density at radius 2 is 2.00 bits per heavy atom. The van der Waals surface area contributed by atoms with E-state index in [1.165, 1.54) is 11.8 Å². The van der Waals surface area contributed by atoms with Crippen LogP contribution < -0.4 is 0 Å². The highest BCUT2D eigenvalue weighted by molar-refractivity contribution is 8.00. The van der Waals surface area contributed by atoms with Gasteiger partial charge >= 0.3 is 0 Å². The molecule has 1 aromatic heterocycles. The first-order valence-corrected chi connectivity index (χ1v) is 10.3. The van der Waals surface area contributed by atoms with Crippen LogP contribution in [0.1, 0.15) is 24.8 Å². The van der Waals surface area contributed by atoms with E-state index in [0.717, 1.165) is 22.4 Å². The van der Waals surface area contributed by atoms with Crippen molar-refractivity contribution in [2.75, 3.05) is 7.05 Å². The highest BCUT2D eigenvalue weighted by Crippen LogP contribution is 2.28. The van der Waals surface area contributed by atoms with Crippen LogP contribution in [0.4, 0.5) is 0 Å². The standard InChI is InChI=1S/C21H22ClN3O2S/c1-4-18(28-17-10-8-16(22)9-11-17)21(26)25(3)13-19-23-20(24-27-19)15-7-5-6-14(2)12-15/h5-12,18H,4,13H2,1-3H3/t18-/m0/s1. The molecule has 1 heterocycles. The number of amides is 1. The first kappa shape index (κ1) is 20.4. The Labute approximate surface area is 174 Å². The predicted molar refractivity (Wildman–Crippen MR) is 112 cm³/mol. The van der Waals surface area contributed by atoms with Gasteiger partial charge in [0, 0.05) is 22.5 Å². The number of rotatable bonds is 7. The average Bonchev–Trinajstić information content (AvgIpc) is 3.15. The molecule has 0 fully saturated rings. The number of nitrogens with zero attached hydrogens (tertiary/aromatic N) is 3. The molecule has 0 spiro atoms. The number of aryl methyl sites for hydroxylation is 1. The molecule has 7 heteroatoms. The normalized spacial score (nSPS) is 12.0. The van der Waals surface area contributed by atoms with Crippen LogP contribution in [0.15, 0.2) is 57.9 Å². The zero-order valence-corrected chi connectivity index (χ0v) is 17.6. The summed E-state index contributed by atoms with van der Waals surface area (Å²) in [7, 11) is 1.75. The van der Waals surface area contributed by atoms with Crippen molar-refractivity contribution in [3.05, 3.63) is 65.0 Å². The number of benzene rings is 2. The molecule has 0 bridgehead atoms. The molecule has 1 amide bonds. The molecule has 0 N–H and O–H groups in total. The molecule has 0 saturated heterocycles. The fraction of sp³-hybridized carbons (Fsp3) is 0.286. The van der Waals surface area contributed by atoms with Crippen molar-refractivity contribution in [1.82, 2.24) is 15.0 Å². The zero-order chi connectivity index (χ0) is 20.1. The second-order valence-electron chi connectivity index (χ2n) is 6.54. The third-order valence-electron chi connectivity index (χ3n) is 4.23. The Morgan fingerprint density at radius 1 is 1.25 bits per heavy atom. The lowest BCUT2D eigenvalue weighted by atomic mass is 10.1. The van der Waals surface area contributed by atoms with Crippen LogP contribution in [0.3, 0.4) is 0 Å². The van der Waals surface area contributed by atoms with Crippen molar-refractivity contribution in [2.24, 2.45) is 0 Å². The van der Waals surface area contributed by atoms with Crippen LogP contribution in [-0.4, -0.2) is 33.2 Å². The van der Waals surface area contributed by atoms with Crippen molar-refractivity contribution in [3.63, 3.8) is 0 Å². The lowest BCUT2D eigenvalue weighted by molar-refractivity contribution is -0.130. The summed E-state index contributed by atoms with van der Waals surface area (Å²) in [6.07, 6.45) is 0.717. The molecular weight excluding hydrogens is 394 g/mol. The van der Waals surface area contributed by atoms with Gasteiger partial charge < -0.3 is 9.42 Å². The van der Waals surface area contributed by atoms with E-state index in [1.54, 1.807) is 11.9 Å². The Bertz CT molecular complexity index is 943. The maximum absolute atomic E-state index is 12.9. The second-order valence-corrected chi connectivity index (χ2v) is 8.26. The largest absolute Gasteiger partial charge is 0.337 e. The van der Waals surface area contributed by atoms with Crippen molar-refractivity contribution in [2.45, 2.75) is 37.0 Å². The highest BCUT2D eigenvalue weighted by atomic mass is 35.5. The van der Waals surface area contributed by atoms with Gasteiger partial charge in [0.25, 0.3) is 0 Å². The summed E-state index contributed by atoms with van der Waals surface area (Å²) in [4.78, 5) is 19.9. The molecule has 0 aliphatic rings. The van der Waals surface area contributed by atoms with E-state index < -0.39 is 0 Å². The van der Waals surface area contributed by atoms with Gasteiger partial charge in [-0.1, -0.05) is 47.4 Å². The van der Waals surface area contributed by atoms with Gasteiger partial charge in [0.15, 0.2) is 0 Å². The number of carbonyl (C=O) groups is 1. The van der Waals surface area contributed by atoms with E-state index in [-0.39, 0.29) is 17.7 Å². The molecule has 0 aliphatic heterocycles. The summed E-state index contributed by atoms with van der Waals surface area (Å²) in [6.45, 7) is 4.29. The number of aromatic nitrogens is 2. The monoisotopic (exact) mass is 415 g/mol. The number of halogens is 1. The number of carbonyl (C=O) groups excluding carboxylic acids is 1. The summed E-state index contributed by atoms with van der Waals surface area (Å²) >= 11 is 7.46. The van der Waals surface area contributed by atoms with E-state index in [9.17, 15) is 4.79 Å². The van der Waals surface area contributed by atoms with Gasteiger partial charge in [0.05, 0.1) is 11.8 Å². The Kier molecular flexibility index (Phi) is 6.75.